The largest absolute Gasteiger partial charge is 0.348 e. The highest BCUT2D eigenvalue weighted by Crippen LogP contribution is 2.14. The first-order valence-electron chi connectivity index (χ1n) is 8.47. The van der Waals surface area contributed by atoms with Gasteiger partial charge in [-0.05, 0) is 48.2 Å². The molecule has 1 aromatic heterocycles. The predicted molar refractivity (Wildman–Crippen MR) is 98.0 cm³/mol. The van der Waals surface area contributed by atoms with Crippen molar-refractivity contribution in [3.8, 4) is 0 Å². The maximum absolute atomic E-state index is 12.4. The average molecular weight is 318 g/mol. The summed E-state index contributed by atoms with van der Waals surface area (Å²) in [5.74, 6) is -0.0558. The van der Waals surface area contributed by atoms with E-state index in [-0.39, 0.29) is 5.91 Å². The van der Waals surface area contributed by atoms with Crippen LogP contribution in [-0.4, -0.2) is 10.9 Å². The molecular weight excluding hydrogens is 296 g/mol. The Balaban J connectivity index is 1.66. The number of nitrogens with one attached hydrogen (secondary N) is 1. The van der Waals surface area contributed by atoms with Crippen molar-refractivity contribution >= 4 is 16.8 Å². The second kappa shape index (κ2) is 7.73. The maximum atomic E-state index is 12.4. The summed E-state index contributed by atoms with van der Waals surface area (Å²) < 4.78 is 0. The van der Waals surface area contributed by atoms with Crippen LogP contribution in [0.4, 0.5) is 0 Å². The number of amides is 1. The first kappa shape index (κ1) is 16.2. The monoisotopic (exact) mass is 318 g/mol. The Morgan fingerprint density at radius 3 is 2.79 bits per heavy atom. The Hall–Kier alpha value is -2.68. The van der Waals surface area contributed by atoms with E-state index in [1.54, 1.807) is 6.20 Å². The lowest BCUT2D eigenvalue weighted by atomic mass is 10.1. The smallest absolute Gasteiger partial charge is 0.251 e. The van der Waals surface area contributed by atoms with Crippen LogP contribution in [-0.2, 0) is 13.0 Å². The molecule has 0 aliphatic rings. The molecule has 3 heteroatoms. The number of hydrogen-bond donors (Lipinski definition) is 1. The molecule has 0 spiro atoms. The summed E-state index contributed by atoms with van der Waals surface area (Å²) in [6.45, 7) is 2.74. The van der Waals surface area contributed by atoms with Crippen LogP contribution in [0, 0.1) is 0 Å². The molecule has 122 valence electrons. The fourth-order valence-electron chi connectivity index (χ4n) is 2.78. The first-order chi connectivity index (χ1) is 11.8. The van der Waals surface area contributed by atoms with Gasteiger partial charge in [-0.1, -0.05) is 43.7 Å². The van der Waals surface area contributed by atoms with Gasteiger partial charge in [0.15, 0.2) is 0 Å². The first-order valence-corrected chi connectivity index (χ1v) is 8.47. The third kappa shape index (κ3) is 3.99. The molecule has 2 aromatic carbocycles. The summed E-state index contributed by atoms with van der Waals surface area (Å²) in [7, 11) is 0. The van der Waals surface area contributed by atoms with Crippen molar-refractivity contribution in [1.82, 2.24) is 10.3 Å². The number of fused-ring (bicyclic) bond motifs is 1. The van der Waals surface area contributed by atoms with Gasteiger partial charge in [0, 0.05) is 23.7 Å². The summed E-state index contributed by atoms with van der Waals surface area (Å²) >= 11 is 0. The van der Waals surface area contributed by atoms with Crippen molar-refractivity contribution in [2.75, 3.05) is 0 Å². The molecule has 3 rings (SSSR count). The van der Waals surface area contributed by atoms with Gasteiger partial charge in [-0.25, -0.2) is 0 Å². The average Bonchev–Trinajstić information content (AvgIpc) is 2.64. The zero-order chi connectivity index (χ0) is 16.8. The highest BCUT2D eigenvalue weighted by molar-refractivity contribution is 5.97. The predicted octanol–water partition coefficient (Wildman–Crippen LogP) is 4.51. The van der Waals surface area contributed by atoms with Gasteiger partial charge >= 0.3 is 0 Å². The normalized spacial score (nSPS) is 10.7. The minimum absolute atomic E-state index is 0.0558. The summed E-state index contributed by atoms with van der Waals surface area (Å²) in [5.41, 5.74) is 4.04. The van der Waals surface area contributed by atoms with E-state index in [9.17, 15) is 4.79 Å². The van der Waals surface area contributed by atoms with Crippen LogP contribution in [0.1, 0.15) is 41.3 Å². The van der Waals surface area contributed by atoms with E-state index in [4.69, 9.17) is 0 Å². The Labute approximate surface area is 142 Å². The molecule has 1 amide bonds. The van der Waals surface area contributed by atoms with Crippen molar-refractivity contribution in [1.29, 1.82) is 0 Å². The molecule has 0 aliphatic heterocycles. The van der Waals surface area contributed by atoms with Gasteiger partial charge in [0.25, 0.3) is 5.91 Å². The number of rotatable bonds is 6. The number of aryl methyl sites for hydroxylation is 1. The molecule has 1 N–H and O–H groups in total. The fourth-order valence-corrected chi connectivity index (χ4v) is 2.78. The van der Waals surface area contributed by atoms with E-state index in [2.05, 4.69) is 41.5 Å². The van der Waals surface area contributed by atoms with E-state index in [0.717, 1.165) is 22.9 Å². The van der Waals surface area contributed by atoms with E-state index >= 15 is 0 Å². The topological polar surface area (TPSA) is 42.0 Å². The Morgan fingerprint density at radius 1 is 1.04 bits per heavy atom. The summed E-state index contributed by atoms with van der Waals surface area (Å²) in [4.78, 5) is 16.7. The van der Waals surface area contributed by atoms with Gasteiger partial charge in [-0.2, -0.15) is 0 Å². The lowest BCUT2D eigenvalue weighted by Gasteiger charge is -2.08. The molecule has 1 heterocycles. The van der Waals surface area contributed by atoms with Crippen molar-refractivity contribution in [3.05, 3.63) is 77.5 Å². The maximum Gasteiger partial charge on any atom is 0.251 e. The second-order valence-corrected chi connectivity index (χ2v) is 6.02. The molecule has 3 aromatic rings. The van der Waals surface area contributed by atoms with Crippen LogP contribution < -0.4 is 5.32 Å². The van der Waals surface area contributed by atoms with Gasteiger partial charge in [0.1, 0.15) is 0 Å². The van der Waals surface area contributed by atoms with E-state index in [0.29, 0.717) is 12.1 Å². The quantitative estimate of drug-likeness (QED) is 0.726. The minimum atomic E-state index is -0.0558. The van der Waals surface area contributed by atoms with Crippen molar-refractivity contribution in [2.45, 2.75) is 32.7 Å². The molecule has 0 saturated heterocycles. The zero-order valence-corrected chi connectivity index (χ0v) is 14.0. The Kier molecular flexibility index (Phi) is 5.22. The minimum Gasteiger partial charge on any atom is -0.348 e. The third-order valence-corrected chi connectivity index (χ3v) is 4.13. The zero-order valence-electron chi connectivity index (χ0n) is 14.0. The number of pyridine rings is 1. The van der Waals surface area contributed by atoms with Crippen LogP contribution in [0.25, 0.3) is 10.9 Å². The Morgan fingerprint density at radius 2 is 1.92 bits per heavy atom. The lowest BCUT2D eigenvalue weighted by molar-refractivity contribution is 0.0951. The molecule has 3 nitrogen and oxygen atoms in total. The van der Waals surface area contributed by atoms with E-state index in [1.807, 2.05) is 30.3 Å². The molecule has 0 bridgehead atoms. The van der Waals surface area contributed by atoms with Crippen molar-refractivity contribution in [2.24, 2.45) is 0 Å². The van der Waals surface area contributed by atoms with Crippen molar-refractivity contribution in [3.63, 3.8) is 0 Å². The number of aromatic nitrogens is 1. The summed E-state index contributed by atoms with van der Waals surface area (Å²) in [6.07, 6.45) is 5.24. The molecule has 0 radical (unpaired) electrons. The van der Waals surface area contributed by atoms with Crippen LogP contribution in [0.3, 0.4) is 0 Å². The van der Waals surface area contributed by atoms with E-state index in [1.165, 1.54) is 18.4 Å². The molecule has 0 atom stereocenters. The Bertz CT molecular complexity index is 842. The number of nitrogens with zero attached hydrogens (tertiary/aromatic N) is 1. The molecule has 0 saturated carbocycles. The lowest BCUT2D eigenvalue weighted by Crippen LogP contribution is -2.22. The van der Waals surface area contributed by atoms with E-state index < -0.39 is 0 Å². The van der Waals surface area contributed by atoms with Crippen LogP contribution >= 0.6 is 0 Å². The number of benzene rings is 2. The summed E-state index contributed by atoms with van der Waals surface area (Å²) in [5, 5.41) is 3.98. The number of unbranched alkanes of at least 4 members (excludes halogenated alkanes) is 1. The van der Waals surface area contributed by atoms with Gasteiger partial charge in [-0.15, -0.1) is 0 Å². The fraction of sp³-hybridized carbons (Fsp3) is 0.238. The molecule has 0 fully saturated rings. The van der Waals surface area contributed by atoms with Gasteiger partial charge in [0.05, 0.1) is 5.52 Å². The van der Waals surface area contributed by atoms with Gasteiger partial charge in [-0.3, -0.25) is 9.78 Å². The van der Waals surface area contributed by atoms with Crippen LogP contribution in [0.2, 0.25) is 0 Å². The number of carbonyl (C=O) groups excluding carboxylic acids is 1. The highest BCUT2D eigenvalue weighted by atomic mass is 16.1. The number of carbonyl (C=O) groups is 1. The highest BCUT2D eigenvalue weighted by Gasteiger charge is 2.06. The molecule has 24 heavy (non-hydrogen) atoms. The molecular formula is C21H22N2O. The third-order valence-electron chi connectivity index (χ3n) is 4.13. The van der Waals surface area contributed by atoms with Crippen LogP contribution in [0.15, 0.2) is 60.8 Å². The van der Waals surface area contributed by atoms with Gasteiger partial charge in [0.2, 0.25) is 0 Å². The summed E-state index contributed by atoms with van der Waals surface area (Å²) in [6, 6.07) is 17.9. The second-order valence-electron chi connectivity index (χ2n) is 6.02. The van der Waals surface area contributed by atoms with Gasteiger partial charge < -0.3 is 5.32 Å². The number of hydrogen-bond acceptors (Lipinski definition) is 2. The van der Waals surface area contributed by atoms with Crippen LogP contribution in [0.5, 0.6) is 0 Å². The molecule has 0 aliphatic carbocycles. The van der Waals surface area contributed by atoms with Crippen molar-refractivity contribution < 1.29 is 4.79 Å². The SMILES string of the molecule is CCCCc1cccc(CNC(=O)c2ccc3ncccc3c2)c1. The molecule has 0 unspecified atom stereocenters. The standard InChI is InChI=1S/C21H22N2O/c1-2-3-6-16-7-4-8-17(13-16)15-23-21(24)19-10-11-20-18(14-19)9-5-12-22-20/h4-5,7-14H,2-3,6,15H2,1H3,(H,23,24).